The van der Waals surface area contributed by atoms with E-state index in [0.29, 0.717) is 5.75 Å². The van der Waals surface area contributed by atoms with Crippen LogP contribution >= 0.6 is 15.9 Å². The molecule has 0 saturated heterocycles. The smallest absolute Gasteiger partial charge is 0.285 e. The Hall–Kier alpha value is -2.15. The molecule has 0 fully saturated rings. The van der Waals surface area contributed by atoms with Crippen molar-refractivity contribution in [1.29, 1.82) is 0 Å². The van der Waals surface area contributed by atoms with E-state index < -0.39 is 4.92 Å². The lowest BCUT2D eigenvalue weighted by atomic mass is 10.2. The minimum atomic E-state index is -0.534. The summed E-state index contributed by atoms with van der Waals surface area (Å²) in [6.07, 6.45) is 1.22. The van der Waals surface area contributed by atoms with E-state index >= 15 is 0 Å². The molecule has 0 atom stereocenters. The van der Waals surface area contributed by atoms with Crippen molar-refractivity contribution >= 4 is 21.6 Å². The Labute approximate surface area is 122 Å². The maximum atomic E-state index is 11.8. The summed E-state index contributed by atoms with van der Waals surface area (Å²) < 4.78 is 7.34. The van der Waals surface area contributed by atoms with Crippen LogP contribution in [0.3, 0.4) is 0 Å². The normalized spacial score (nSPS) is 10.3. The highest BCUT2D eigenvalue weighted by atomic mass is 79.9. The second kappa shape index (κ2) is 5.87. The summed E-state index contributed by atoms with van der Waals surface area (Å²) in [4.78, 5) is 22.0. The Morgan fingerprint density at radius 3 is 2.75 bits per heavy atom. The van der Waals surface area contributed by atoms with Gasteiger partial charge in [-0.05, 0) is 18.2 Å². The third kappa shape index (κ3) is 3.05. The molecular formula is C13H11BrN2O4. The molecule has 0 aliphatic rings. The first-order valence-electron chi connectivity index (χ1n) is 5.68. The van der Waals surface area contributed by atoms with Crippen LogP contribution in [0.4, 0.5) is 5.69 Å². The minimum absolute atomic E-state index is 0.126. The van der Waals surface area contributed by atoms with Gasteiger partial charge in [0, 0.05) is 22.2 Å². The molecule has 0 amide bonds. The minimum Gasteiger partial charge on any atom is -0.496 e. The van der Waals surface area contributed by atoms with E-state index in [4.69, 9.17) is 4.74 Å². The highest BCUT2D eigenvalue weighted by molar-refractivity contribution is 9.10. The number of nitrogens with zero attached hydrogens (tertiary/aromatic N) is 2. The number of methoxy groups -OCH3 is 1. The van der Waals surface area contributed by atoms with Crippen LogP contribution in [-0.4, -0.2) is 16.6 Å². The van der Waals surface area contributed by atoms with Crippen molar-refractivity contribution in [3.05, 3.63) is 67.0 Å². The summed E-state index contributed by atoms with van der Waals surface area (Å²) in [5.41, 5.74) is 0.320. The summed E-state index contributed by atoms with van der Waals surface area (Å²) in [5.74, 6) is 0.617. The number of pyridine rings is 1. The number of hydrogen-bond acceptors (Lipinski definition) is 4. The van der Waals surface area contributed by atoms with Crippen LogP contribution in [0.1, 0.15) is 5.56 Å². The second-order valence-electron chi connectivity index (χ2n) is 4.07. The molecule has 7 heteroatoms. The van der Waals surface area contributed by atoms with Gasteiger partial charge in [-0.25, -0.2) is 0 Å². The Morgan fingerprint density at radius 2 is 2.10 bits per heavy atom. The van der Waals surface area contributed by atoms with Gasteiger partial charge < -0.3 is 9.30 Å². The van der Waals surface area contributed by atoms with Gasteiger partial charge in [-0.1, -0.05) is 15.9 Å². The molecular weight excluding hydrogens is 328 g/mol. The van der Waals surface area contributed by atoms with Gasteiger partial charge in [0.15, 0.2) is 0 Å². The fourth-order valence-corrected chi connectivity index (χ4v) is 2.21. The summed E-state index contributed by atoms with van der Waals surface area (Å²) in [7, 11) is 1.53. The molecule has 0 unspecified atom stereocenters. The number of benzene rings is 1. The lowest BCUT2D eigenvalue weighted by Crippen LogP contribution is -2.19. The molecule has 0 aliphatic heterocycles. The molecule has 1 aromatic heterocycles. The molecule has 0 spiro atoms. The van der Waals surface area contributed by atoms with Crippen LogP contribution in [0.5, 0.6) is 5.75 Å². The lowest BCUT2D eigenvalue weighted by molar-refractivity contribution is -0.385. The van der Waals surface area contributed by atoms with Crippen molar-refractivity contribution < 1.29 is 9.66 Å². The van der Waals surface area contributed by atoms with Gasteiger partial charge in [0.25, 0.3) is 11.2 Å². The van der Waals surface area contributed by atoms with Gasteiger partial charge in [0.05, 0.1) is 24.8 Å². The Bertz CT molecular complexity index is 712. The molecule has 0 radical (unpaired) electrons. The average Bonchev–Trinajstić information content (AvgIpc) is 2.41. The van der Waals surface area contributed by atoms with E-state index in [2.05, 4.69) is 15.9 Å². The number of aromatic nitrogens is 1. The maximum absolute atomic E-state index is 11.8. The predicted molar refractivity (Wildman–Crippen MR) is 77.2 cm³/mol. The first kappa shape index (κ1) is 14.3. The van der Waals surface area contributed by atoms with E-state index in [1.807, 2.05) is 12.1 Å². The third-order valence-corrected chi connectivity index (χ3v) is 3.26. The number of halogens is 1. The molecule has 20 heavy (non-hydrogen) atoms. The zero-order valence-corrected chi connectivity index (χ0v) is 12.2. The molecule has 1 aromatic carbocycles. The molecule has 104 valence electrons. The topological polar surface area (TPSA) is 74.4 Å². The van der Waals surface area contributed by atoms with Gasteiger partial charge >= 0.3 is 0 Å². The van der Waals surface area contributed by atoms with Gasteiger partial charge in [-0.15, -0.1) is 0 Å². The zero-order chi connectivity index (χ0) is 14.7. The molecule has 1 heterocycles. The van der Waals surface area contributed by atoms with Gasteiger partial charge in [-0.3, -0.25) is 14.9 Å². The van der Waals surface area contributed by atoms with Gasteiger partial charge in [0.2, 0.25) is 0 Å². The largest absolute Gasteiger partial charge is 0.496 e. The predicted octanol–water partition coefficient (Wildman–Crippen LogP) is 2.58. The number of hydrogen-bond donors (Lipinski definition) is 0. The molecule has 2 aromatic rings. The van der Waals surface area contributed by atoms with Crippen LogP contribution in [0.25, 0.3) is 0 Å². The summed E-state index contributed by atoms with van der Waals surface area (Å²) in [6, 6.07) is 7.77. The Morgan fingerprint density at radius 1 is 1.35 bits per heavy atom. The Kier molecular flexibility index (Phi) is 4.19. The number of rotatable bonds is 4. The fourth-order valence-electron chi connectivity index (χ4n) is 1.80. The number of ether oxygens (including phenoxy) is 1. The van der Waals surface area contributed by atoms with Crippen LogP contribution in [-0.2, 0) is 6.54 Å². The SMILES string of the molecule is COc1ccc(Br)cc1Cn1cc([N+](=O)[O-])ccc1=O. The first-order chi connectivity index (χ1) is 9.51. The van der Waals surface area contributed by atoms with E-state index in [1.165, 1.54) is 30.0 Å². The van der Waals surface area contributed by atoms with Crippen LogP contribution < -0.4 is 10.3 Å². The van der Waals surface area contributed by atoms with Crippen molar-refractivity contribution in [2.24, 2.45) is 0 Å². The van der Waals surface area contributed by atoms with Crippen molar-refractivity contribution in [2.45, 2.75) is 6.54 Å². The van der Waals surface area contributed by atoms with Crippen molar-refractivity contribution in [2.75, 3.05) is 7.11 Å². The molecule has 0 N–H and O–H groups in total. The summed E-state index contributed by atoms with van der Waals surface area (Å²) in [6.45, 7) is 0.198. The quantitative estimate of drug-likeness (QED) is 0.634. The Balaban J connectivity index is 2.44. The highest BCUT2D eigenvalue weighted by Crippen LogP contribution is 2.23. The van der Waals surface area contributed by atoms with E-state index in [1.54, 1.807) is 6.07 Å². The summed E-state index contributed by atoms with van der Waals surface area (Å²) >= 11 is 3.34. The van der Waals surface area contributed by atoms with E-state index in [-0.39, 0.29) is 17.8 Å². The average molecular weight is 339 g/mol. The second-order valence-corrected chi connectivity index (χ2v) is 4.98. The standard InChI is InChI=1S/C13H11BrN2O4/c1-20-12-4-2-10(14)6-9(12)7-15-8-11(16(18)19)3-5-13(15)17/h2-6,8H,7H2,1H3. The molecule has 0 bridgehead atoms. The first-order valence-corrected chi connectivity index (χ1v) is 6.48. The lowest BCUT2D eigenvalue weighted by Gasteiger charge is -2.10. The maximum Gasteiger partial charge on any atom is 0.285 e. The van der Waals surface area contributed by atoms with Crippen molar-refractivity contribution in [3.8, 4) is 5.75 Å². The van der Waals surface area contributed by atoms with Crippen LogP contribution in [0, 0.1) is 10.1 Å². The van der Waals surface area contributed by atoms with E-state index in [0.717, 1.165) is 10.0 Å². The number of nitro groups is 1. The van der Waals surface area contributed by atoms with Crippen LogP contribution in [0.15, 0.2) is 45.8 Å². The van der Waals surface area contributed by atoms with Crippen LogP contribution in [0.2, 0.25) is 0 Å². The highest BCUT2D eigenvalue weighted by Gasteiger charge is 2.10. The van der Waals surface area contributed by atoms with Gasteiger partial charge in [0.1, 0.15) is 5.75 Å². The van der Waals surface area contributed by atoms with E-state index in [9.17, 15) is 14.9 Å². The third-order valence-electron chi connectivity index (χ3n) is 2.76. The molecule has 0 aliphatic carbocycles. The monoisotopic (exact) mass is 338 g/mol. The van der Waals surface area contributed by atoms with Gasteiger partial charge in [-0.2, -0.15) is 0 Å². The summed E-state index contributed by atoms with van der Waals surface area (Å²) in [5, 5.41) is 10.8. The molecule has 6 nitrogen and oxygen atoms in total. The molecule has 2 rings (SSSR count). The van der Waals surface area contributed by atoms with Crippen molar-refractivity contribution in [1.82, 2.24) is 4.57 Å². The molecule has 0 saturated carbocycles. The zero-order valence-electron chi connectivity index (χ0n) is 10.6. The van der Waals surface area contributed by atoms with Crippen molar-refractivity contribution in [3.63, 3.8) is 0 Å². The fraction of sp³-hybridized carbons (Fsp3) is 0.154.